The van der Waals surface area contributed by atoms with Gasteiger partial charge in [0.1, 0.15) is 0 Å². The molecule has 5 heteroatoms. The summed E-state index contributed by atoms with van der Waals surface area (Å²) in [5, 5.41) is 6.50. The Hall–Kier alpha value is -1.91. The molecule has 0 amide bonds. The molecule has 0 N–H and O–H groups in total. The molecule has 1 aliphatic rings. The number of benzene rings is 1. The average Bonchev–Trinajstić information content (AvgIpc) is 2.91. The summed E-state index contributed by atoms with van der Waals surface area (Å²) in [6.07, 6.45) is 2.28. The fourth-order valence-electron chi connectivity index (χ4n) is 3.80. The van der Waals surface area contributed by atoms with Gasteiger partial charge in [0.05, 0.1) is 5.69 Å². The number of halogens is 1. The van der Waals surface area contributed by atoms with Gasteiger partial charge in [-0.25, -0.2) is 4.98 Å². The maximum atomic E-state index is 6.30. The number of aryl methyl sites for hydroxylation is 2. The Kier molecular flexibility index (Phi) is 4.48. The van der Waals surface area contributed by atoms with Gasteiger partial charge in [0.25, 0.3) is 0 Å². The number of rotatable bonds is 3. The number of hydrogen-bond donors (Lipinski definition) is 0. The highest BCUT2D eigenvalue weighted by Crippen LogP contribution is 2.30. The standard InChI is InChI=1S/C20H23ClN4/c1-14-17-7-8-19(22-20(17)24(2)23-14)15-9-11-25(12-10-15)13-16-5-3-4-6-18(16)21/h3-8,15H,9-13H2,1-2H3. The van der Waals surface area contributed by atoms with Crippen molar-refractivity contribution in [3.05, 3.63) is 58.4 Å². The zero-order chi connectivity index (χ0) is 17.4. The van der Waals surface area contributed by atoms with Gasteiger partial charge in [-0.3, -0.25) is 9.58 Å². The van der Waals surface area contributed by atoms with Gasteiger partial charge in [-0.1, -0.05) is 29.8 Å². The van der Waals surface area contributed by atoms with Crippen molar-refractivity contribution in [1.82, 2.24) is 19.7 Å². The molecule has 130 valence electrons. The maximum Gasteiger partial charge on any atom is 0.158 e. The Morgan fingerprint density at radius 3 is 2.64 bits per heavy atom. The summed E-state index contributed by atoms with van der Waals surface area (Å²) < 4.78 is 1.89. The van der Waals surface area contributed by atoms with Crippen LogP contribution in [0.15, 0.2) is 36.4 Å². The van der Waals surface area contributed by atoms with Gasteiger partial charge in [-0.15, -0.1) is 0 Å². The van der Waals surface area contributed by atoms with E-state index < -0.39 is 0 Å². The van der Waals surface area contributed by atoms with Crippen molar-refractivity contribution in [3.63, 3.8) is 0 Å². The molecule has 4 nitrogen and oxygen atoms in total. The summed E-state index contributed by atoms with van der Waals surface area (Å²) in [6.45, 7) is 5.14. The van der Waals surface area contributed by atoms with Crippen LogP contribution in [0.25, 0.3) is 11.0 Å². The number of nitrogens with zero attached hydrogens (tertiary/aromatic N) is 4. The second-order valence-electron chi connectivity index (χ2n) is 6.96. The first kappa shape index (κ1) is 16.6. The van der Waals surface area contributed by atoms with Gasteiger partial charge in [0, 0.05) is 35.6 Å². The lowest BCUT2D eigenvalue weighted by Crippen LogP contribution is -2.32. The molecule has 1 fully saturated rings. The minimum atomic E-state index is 0.530. The largest absolute Gasteiger partial charge is 0.299 e. The second-order valence-corrected chi connectivity index (χ2v) is 7.37. The summed E-state index contributed by atoms with van der Waals surface area (Å²) in [7, 11) is 1.97. The van der Waals surface area contributed by atoms with Crippen molar-refractivity contribution >= 4 is 22.6 Å². The molecule has 1 aliphatic heterocycles. The van der Waals surface area contributed by atoms with E-state index in [1.807, 2.05) is 30.8 Å². The van der Waals surface area contributed by atoms with Crippen LogP contribution in [0.1, 0.15) is 35.7 Å². The monoisotopic (exact) mass is 354 g/mol. The molecular formula is C20H23ClN4. The van der Waals surface area contributed by atoms with Gasteiger partial charge in [-0.05, 0) is 56.6 Å². The predicted molar refractivity (Wildman–Crippen MR) is 102 cm³/mol. The third-order valence-corrected chi connectivity index (χ3v) is 5.62. The Morgan fingerprint density at radius 1 is 1.12 bits per heavy atom. The highest BCUT2D eigenvalue weighted by Gasteiger charge is 2.22. The van der Waals surface area contributed by atoms with Crippen molar-refractivity contribution in [3.8, 4) is 0 Å². The van der Waals surface area contributed by atoms with Gasteiger partial charge in [0.2, 0.25) is 0 Å². The molecule has 0 atom stereocenters. The highest BCUT2D eigenvalue weighted by molar-refractivity contribution is 6.31. The van der Waals surface area contributed by atoms with Crippen molar-refractivity contribution < 1.29 is 0 Å². The van der Waals surface area contributed by atoms with Crippen LogP contribution in [0, 0.1) is 6.92 Å². The van der Waals surface area contributed by atoms with Crippen LogP contribution in [-0.4, -0.2) is 32.8 Å². The topological polar surface area (TPSA) is 34.0 Å². The molecule has 3 aromatic rings. The minimum Gasteiger partial charge on any atom is -0.299 e. The van der Waals surface area contributed by atoms with Crippen LogP contribution >= 0.6 is 11.6 Å². The Bertz CT molecular complexity index is 894. The van der Waals surface area contributed by atoms with Crippen LogP contribution in [-0.2, 0) is 13.6 Å². The van der Waals surface area contributed by atoms with Gasteiger partial charge in [0.15, 0.2) is 5.65 Å². The van der Waals surface area contributed by atoms with E-state index in [-0.39, 0.29) is 0 Å². The third-order valence-electron chi connectivity index (χ3n) is 5.25. The van der Waals surface area contributed by atoms with Crippen LogP contribution in [0.2, 0.25) is 5.02 Å². The zero-order valence-electron chi connectivity index (χ0n) is 14.7. The summed E-state index contributed by atoms with van der Waals surface area (Å²) in [5.41, 5.74) is 4.46. The van der Waals surface area contributed by atoms with E-state index in [2.05, 4.69) is 34.3 Å². The summed E-state index contributed by atoms with van der Waals surface area (Å²) in [4.78, 5) is 7.39. The smallest absolute Gasteiger partial charge is 0.158 e. The summed E-state index contributed by atoms with van der Waals surface area (Å²) >= 11 is 6.30. The summed E-state index contributed by atoms with van der Waals surface area (Å²) in [5.74, 6) is 0.530. The SMILES string of the molecule is Cc1nn(C)c2nc(C3CCN(Cc4ccccc4Cl)CC3)ccc12. The van der Waals surface area contributed by atoms with Gasteiger partial charge in [-0.2, -0.15) is 5.10 Å². The van der Waals surface area contributed by atoms with E-state index in [1.54, 1.807) is 0 Å². The number of likely N-dealkylation sites (tertiary alicyclic amines) is 1. The maximum absolute atomic E-state index is 6.30. The van der Waals surface area contributed by atoms with Crippen LogP contribution in [0.3, 0.4) is 0 Å². The number of aromatic nitrogens is 3. The Labute approximate surface area is 153 Å². The Balaban J connectivity index is 1.45. The minimum absolute atomic E-state index is 0.530. The number of hydrogen-bond acceptors (Lipinski definition) is 3. The molecule has 0 unspecified atom stereocenters. The van der Waals surface area contributed by atoms with Crippen molar-refractivity contribution in [1.29, 1.82) is 0 Å². The molecule has 4 rings (SSSR count). The number of pyridine rings is 1. The van der Waals surface area contributed by atoms with Crippen LogP contribution in [0.4, 0.5) is 0 Å². The van der Waals surface area contributed by atoms with E-state index in [0.29, 0.717) is 5.92 Å². The van der Waals surface area contributed by atoms with E-state index in [9.17, 15) is 0 Å². The van der Waals surface area contributed by atoms with E-state index in [1.165, 1.54) is 11.3 Å². The van der Waals surface area contributed by atoms with Crippen molar-refractivity contribution in [2.45, 2.75) is 32.2 Å². The molecular weight excluding hydrogens is 332 g/mol. The fourth-order valence-corrected chi connectivity index (χ4v) is 4.00. The van der Waals surface area contributed by atoms with Gasteiger partial charge >= 0.3 is 0 Å². The first-order valence-electron chi connectivity index (χ1n) is 8.88. The average molecular weight is 355 g/mol. The van der Waals surface area contributed by atoms with Crippen molar-refractivity contribution in [2.75, 3.05) is 13.1 Å². The lowest BCUT2D eigenvalue weighted by atomic mass is 9.92. The van der Waals surface area contributed by atoms with Gasteiger partial charge < -0.3 is 0 Å². The lowest BCUT2D eigenvalue weighted by Gasteiger charge is -2.32. The fraction of sp³-hybridized carbons (Fsp3) is 0.400. The molecule has 1 saturated heterocycles. The normalized spacial score (nSPS) is 16.6. The molecule has 1 aromatic carbocycles. The molecule has 0 radical (unpaired) electrons. The molecule has 25 heavy (non-hydrogen) atoms. The molecule has 0 bridgehead atoms. The van der Waals surface area contributed by atoms with E-state index in [4.69, 9.17) is 16.6 Å². The first-order chi connectivity index (χ1) is 12.1. The van der Waals surface area contributed by atoms with E-state index >= 15 is 0 Å². The zero-order valence-corrected chi connectivity index (χ0v) is 15.5. The lowest BCUT2D eigenvalue weighted by molar-refractivity contribution is 0.203. The Morgan fingerprint density at radius 2 is 1.88 bits per heavy atom. The number of piperidine rings is 1. The molecule has 0 saturated carbocycles. The molecule has 0 aliphatic carbocycles. The summed E-state index contributed by atoms with van der Waals surface area (Å²) in [6, 6.07) is 12.5. The predicted octanol–water partition coefficient (Wildman–Crippen LogP) is 4.31. The number of fused-ring (bicyclic) bond motifs is 1. The van der Waals surface area contributed by atoms with E-state index in [0.717, 1.165) is 54.2 Å². The molecule has 3 heterocycles. The van der Waals surface area contributed by atoms with Crippen LogP contribution in [0.5, 0.6) is 0 Å². The van der Waals surface area contributed by atoms with Crippen LogP contribution < -0.4 is 0 Å². The van der Waals surface area contributed by atoms with Crippen molar-refractivity contribution in [2.24, 2.45) is 7.05 Å². The highest BCUT2D eigenvalue weighted by atomic mass is 35.5. The third kappa shape index (κ3) is 3.29. The molecule has 2 aromatic heterocycles. The first-order valence-corrected chi connectivity index (χ1v) is 9.25. The quantitative estimate of drug-likeness (QED) is 0.702. The second kappa shape index (κ2) is 6.77. The molecule has 0 spiro atoms.